The molecule has 2 aromatic heterocycles. The number of aromatic amines is 2. The van der Waals surface area contributed by atoms with E-state index in [2.05, 4.69) is 58.5 Å². The molecule has 0 saturated carbocycles. The second-order valence-electron chi connectivity index (χ2n) is 4.15. The van der Waals surface area contributed by atoms with Gasteiger partial charge < -0.3 is 0 Å². The molecular formula is C16H14N2+2. The largest absolute Gasteiger partial charge is 0.218 e. The van der Waals surface area contributed by atoms with Crippen LogP contribution < -0.4 is 9.97 Å². The third-order valence-corrected chi connectivity index (χ3v) is 2.99. The van der Waals surface area contributed by atoms with Crippen molar-refractivity contribution in [3.8, 4) is 22.3 Å². The van der Waals surface area contributed by atoms with Crippen LogP contribution in [0.15, 0.2) is 73.3 Å². The zero-order chi connectivity index (χ0) is 12.2. The van der Waals surface area contributed by atoms with Crippen molar-refractivity contribution >= 4 is 0 Å². The predicted molar refractivity (Wildman–Crippen MR) is 70.4 cm³/mol. The maximum absolute atomic E-state index is 3.04. The number of nitrogens with one attached hydrogen (secondary N) is 2. The summed E-state index contributed by atoms with van der Waals surface area (Å²) in [6.07, 6.45) is 7.76. The standard InChI is InChI=1S/C16H12N2/c1-2-14(16-7-11-18-12-8-16)4-3-13(1)15-5-9-17-10-6-15/h1-12H/p+2. The van der Waals surface area contributed by atoms with Gasteiger partial charge in [0.05, 0.1) is 0 Å². The number of H-pyrrole nitrogens is 2. The van der Waals surface area contributed by atoms with Crippen molar-refractivity contribution in [3.05, 3.63) is 73.3 Å². The Labute approximate surface area is 106 Å². The lowest BCUT2D eigenvalue weighted by Crippen LogP contribution is -1.97. The molecule has 0 amide bonds. The normalized spacial score (nSPS) is 10.2. The molecule has 0 fully saturated rings. The summed E-state index contributed by atoms with van der Waals surface area (Å²) in [7, 11) is 0. The summed E-state index contributed by atoms with van der Waals surface area (Å²) in [6.45, 7) is 0. The Morgan fingerprint density at radius 2 is 0.667 bits per heavy atom. The maximum atomic E-state index is 3.04. The molecule has 2 N–H and O–H groups in total. The number of hydrogen-bond donors (Lipinski definition) is 0. The molecule has 1 aromatic carbocycles. The fraction of sp³-hybridized carbons (Fsp3) is 0. The fourth-order valence-electron chi connectivity index (χ4n) is 2.01. The first-order valence-corrected chi connectivity index (χ1v) is 5.96. The van der Waals surface area contributed by atoms with Crippen LogP contribution in [0.3, 0.4) is 0 Å². The minimum atomic E-state index is 1.22. The summed E-state index contributed by atoms with van der Waals surface area (Å²) in [5, 5.41) is 0. The Morgan fingerprint density at radius 3 is 1.00 bits per heavy atom. The molecule has 0 atom stereocenters. The monoisotopic (exact) mass is 234 g/mol. The van der Waals surface area contributed by atoms with E-state index in [4.69, 9.17) is 0 Å². The van der Waals surface area contributed by atoms with Gasteiger partial charge in [-0.05, 0) is 22.3 Å². The average molecular weight is 234 g/mol. The van der Waals surface area contributed by atoms with Crippen molar-refractivity contribution in [3.63, 3.8) is 0 Å². The number of pyridine rings is 2. The molecule has 3 aromatic rings. The van der Waals surface area contributed by atoms with Crippen molar-refractivity contribution in [2.24, 2.45) is 0 Å². The summed E-state index contributed by atoms with van der Waals surface area (Å²) < 4.78 is 0. The van der Waals surface area contributed by atoms with Crippen LogP contribution in [0.5, 0.6) is 0 Å². The molecule has 0 spiro atoms. The van der Waals surface area contributed by atoms with Gasteiger partial charge >= 0.3 is 0 Å². The number of rotatable bonds is 2. The molecule has 0 radical (unpaired) electrons. The maximum Gasteiger partial charge on any atom is 0.167 e. The van der Waals surface area contributed by atoms with Gasteiger partial charge in [-0.3, -0.25) is 0 Å². The molecule has 2 nitrogen and oxygen atoms in total. The minimum Gasteiger partial charge on any atom is -0.218 e. The molecule has 2 heteroatoms. The van der Waals surface area contributed by atoms with Crippen molar-refractivity contribution in [1.82, 2.24) is 0 Å². The van der Waals surface area contributed by atoms with E-state index in [-0.39, 0.29) is 0 Å². The first-order chi connectivity index (χ1) is 8.93. The number of aromatic nitrogens is 2. The predicted octanol–water partition coefficient (Wildman–Crippen LogP) is 2.65. The highest BCUT2D eigenvalue weighted by Crippen LogP contribution is 2.23. The third kappa shape index (κ3) is 2.13. The molecule has 2 heterocycles. The van der Waals surface area contributed by atoms with E-state index in [9.17, 15) is 0 Å². The van der Waals surface area contributed by atoms with E-state index in [1.807, 2.05) is 24.8 Å². The van der Waals surface area contributed by atoms with E-state index >= 15 is 0 Å². The van der Waals surface area contributed by atoms with E-state index in [0.717, 1.165) is 0 Å². The highest BCUT2D eigenvalue weighted by molar-refractivity contribution is 5.69. The van der Waals surface area contributed by atoms with Gasteiger partial charge in [0, 0.05) is 24.3 Å². The summed E-state index contributed by atoms with van der Waals surface area (Å²) in [5.41, 5.74) is 4.91. The Hall–Kier alpha value is -2.48. The molecule has 0 aliphatic rings. The van der Waals surface area contributed by atoms with E-state index < -0.39 is 0 Å². The Morgan fingerprint density at radius 1 is 0.389 bits per heavy atom. The Bertz CT molecular complexity index is 558. The fourth-order valence-corrected chi connectivity index (χ4v) is 2.01. The second-order valence-corrected chi connectivity index (χ2v) is 4.15. The van der Waals surface area contributed by atoms with Crippen LogP contribution in [-0.2, 0) is 0 Å². The summed E-state index contributed by atoms with van der Waals surface area (Å²) >= 11 is 0. The second kappa shape index (κ2) is 4.80. The summed E-state index contributed by atoms with van der Waals surface area (Å²) in [6, 6.07) is 16.9. The quantitative estimate of drug-likeness (QED) is 0.652. The zero-order valence-corrected chi connectivity index (χ0v) is 9.93. The SMILES string of the molecule is c1cc(-c2ccc(-c3cc[nH+]cc3)cc2)cc[nH+]1. The van der Waals surface area contributed by atoms with Crippen molar-refractivity contribution < 1.29 is 9.97 Å². The summed E-state index contributed by atoms with van der Waals surface area (Å²) in [4.78, 5) is 6.07. The van der Waals surface area contributed by atoms with Crippen molar-refractivity contribution in [2.45, 2.75) is 0 Å². The zero-order valence-electron chi connectivity index (χ0n) is 9.93. The molecule has 3 rings (SSSR count). The lowest BCUT2D eigenvalue weighted by Gasteiger charge is -2.02. The number of benzene rings is 1. The van der Waals surface area contributed by atoms with Crippen LogP contribution in [0.2, 0.25) is 0 Å². The van der Waals surface area contributed by atoms with Gasteiger partial charge in [0.15, 0.2) is 24.8 Å². The topological polar surface area (TPSA) is 28.3 Å². The molecule has 0 unspecified atom stereocenters. The van der Waals surface area contributed by atoms with Crippen LogP contribution in [-0.4, -0.2) is 0 Å². The van der Waals surface area contributed by atoms with Crippen LogP contribution >= 0.6 is 0 Å². The van der Waals surface area contributed by atoms with E-state index in [1.165, 1.54) is 22.3 Å². The van der Waals surface area contributed by atoms with Crippen molar-refractivity contribution in [1.29, 1.82) is 0 Å². The average Bonchev–Trinajstić information content (AvgIpc) is 2.49. The van der Waals surface area contributed by atoms with Gasteiger partial charge in [-0.2, -0.15) is 0 Å². The van der Waals surface area contributed by atoms with Gasteiger partial charge in [-0.15, -0.1) is 0 Å². The highest BCUT2D eigenvalue weighted by atomic mass is 14.6. The Kier molecular flexibility index (Phi) is 2.84. The molecule has 18 heavy (non-hydrogen) atoms. The van der Waals surface area contributed by atoms with Gasteiger partial charge in [0.2, 0.25) is 0 Å². The first kappa shape index (κ1) is 10.7. The minimum absolute atomic E-state index is 1.22. The number of hydrogen-bond acceptors (Lipinski definition) is 0. The lowest BCUT2D eigenvalue weighted by molar-refractivity contribution is -0.378. The molecule has 0 aliphatic heterocycles. The van der Waals surface area contributed by atoms with Gasteiger partial charge in [-0.25, -0.2) is 9.97 Å². The van der Waals surface area contributed by atoms with Crippen LogP contribution in [0, 0.1) is 0 Å². The van der Waals surface area contributed by atoms with Crippen molar-refractivity contribution in [2.75, 3.05) is 0 Å². The molecule has 0 saturated heterocycles. The summed E-state index contributed by atoms with van der Waals surface area (Å²) in [5.74, 6) is 0. The van der Waals surface area contributed by atoms with Gasteiger partial charge in [0.1, 0.15) is 0 Å². The van der Waals surface area contributed by atoms with Gasteiger partial charge in [0.25, 0.3) is 0 Å². The molecule has 0 aliphatic carbocycles. The highest BCUT2D eigenvalue weighted by Gasteiger charge is 2.01. The molecule has 86 valence electrons. The Balaban J connectivity index is 1.95. The van der Waals surface area contributed by atoms with E-state index in [0.29, 0.717) is 0 Å². The van der Waals surface area contributed by atoms with Crippen LogP contribution in [0.1, 0.15) is 0 Å². The molecule has 0 bridgehead atoms. The van der Waals surface area contributed by atoms with Crippen LogP contribution in [0.4, 0.5) is 0 Å². The van der Waals surface area contributed by atoms with Crippen LogP contribution in [0.25, 0.3) is 22.3 Å². The molecular weight excluding hydrogens is 220 g/mol. The van der Waals surface area contributed by atoms with E-state index in [1.54, 1.807) is 0 Å². The third-order valence-electron chi connectivity index (χ3n) is 2.99. The lowest BCUT2D eigenvalue weighted by atomic mass is 10.0. The van der Waals surface area contributed by atoms with Gasteiger partial charge in [-0.1, -0.05) is 24.3 Å². The first-order valence-electron chi connectivity index (χ1n) is 5.96. The smallest absolute Gasteiger partial charge is 0.167 e.